The van der Waals surface area contributed by atoms with Crippen molar-refractivity contribution in [3.05, 3.63) is 65.1 Å². The van der Waals surface area contributed by atoms with Gasteiger partial charge in [0.1, 0.15) is 11.0 Å². The third-order valence-corrected chi connectivity index (χ3v) is 5.39. The number of aromatic amines is 1. The number of carbonyl (C=O) groups is 1. The summed E-state index contributed by atoms with van der Waals surface area (Å²) in [4.78, 5) is 27.3. The SMILES string of the molecule is O=C(Nc1ccc2nc(CN3CCOCC3)[nH]c2c1)c1ccc2nc(Cl)ccc2c1. The number of fused-ring (bicyclic) bond motifs is 2. The van der Waals surface area contributed by atoms with Gasteiger partial charge in [0.2, 0.25) is 0 Å². The minimum Gasteiger partial charge on any atom is -0.379 e. The van der Waals surface area contributed by atoms with E-state index >= 15 is 0 Å². The first-order valence-electron chi connectivity index (χ1n) is 9.80. The molecule has 5 rings (SSSR count). The van der Waals surface area contributed by atoms with Crippen molar-refractivity contribution in [2.45, 2.75) is 6.54 Å². The van der Waals surface area contributed by atoms with Gasteiger partial charge in [0.15, 0.2) is 0 Å². The number of H-pyrrole nitrogens is 1. The zero-order valence-corrected chi connectivity index (χ0v) is 16.9. The average Bonchev–Trinajstić information content (AvgIpc) is 3.15. The number of anilines is 1. The third-order valence-electron chi connectivity index (χ3n) is 5.18. The molecule has 1 amide bonds. The number of aromatic nitrogens is 3. The standard InChI is InChI=1S/C22H20ClN5O2/c23-20-6-2-14-11-15(1-4-17(14)25-20)22(29)24-16-3-5-18-19(12-16)27-21(26-18)13-28-7-9-30-10-8-28/h1-6,11-12H,7-10,13H2,(H,24,29)(H,26,27). The Hall–Kier alpha value is -3.00. The molecule has 2 aromatic carbocycles. The Balaban J connectivity index is 1.33. The van der Waals surface area contributed by atoms with Crippen LogP contribution in [0, 0.1) is 0 Å². The van der Waals surface area contributed by atoms with E-state index < -0.39 is 0 Å². The highest BCUT2D eigenvalue weighted by molar-refractivity contribution is 6.29. The molecule has 0 atom stereocenters. The van der Waals surface area contributed by atoms with Crippen molar-refractivity contribution < 1.29 is 9.53 Å². The number of morpholine rings is 1. The summed E-state index contributed by atoms with van der Waals surface area (Å²) in [5.41, 5.74) is 3.80. The van der Waals surface area contributed by atoms with Crippen LogP contribution in [0.3, 0.4) is 0 Å². The number of pyridine rings is 1. The fraction of sp³-hybridized carbons (Fsp3) is 0.227. The van der Waals surface area contributed by atoms with Crippen LogP contribution in [-0.4, -0.2) is 52.1 Å². The fourth-order valence-electron chi connectivity index (χ4n) is 3.63. The van der Waals surface area contributed by atoms with Crippen molar-refractivity contribution in [3.8, 4) is 0 Å². The Kier molecular flexibility index (Phi) is 5.08. The van der Waals surface area contributed by atoms with Crippen molar-refractivity contribution in [2.75, 3.05) is 31.6 Å². The molecule has 1 fully saturated rings. The number of halogens is 1. The van der Waals surface area contributed by atoms with Crippen LogP contribution in [0.5, 0.6) is 0 Å². The van der Waals surface area contributed by atoms with Gasteiger partial charge in [0, 0.05) is 29.7 Å². The van der Waals surface area contributed by atoms with Crippen LogP contribution >= 0.6 is 11.6 Å². The van der Waals surface area contributed by atoms with Crippen LogP contribution in [0.15, 0.2) is 48.5 Å². The molecule has 7 nitrogen and oxygen atoms in total. The monoisotopic (exact) mass is 421 g/mol. The molecule has 1 saturated heterocycles. The Morgan fingerprint density at radius 1 is 1.07 bits per heavy atom. The molecule has 4 aromatic rings. The molecule has 2 aromatic heterocycles. The van der Waals surface area contributed by atoms with Gasteiger partial charge in [0.25, 0.3) is 5.91 Å². The number of rotatable bonds is 4. The number of amides is 1. The molecular formula is C22H20ClN5O2. The predicted molar refractivity (Wildman–Crippen MR) is 117 cm³/mol. The zero-order valence-electron chi connectivity index (χ0n) is 16.2. The number of benzene rings is 2. The van der Waals surface area contributed by atoms with Gasteiger partial charge in [-0.2, -0.15) is 0 Å². The van der Waals surface area contributed by atoms with E-state index in [2.05, 4.69) is 25.2 Å². The lowest BCUT2D eigenvalue weighted by Crippen LogP contribution is -2.35. The van der Waals surface area contributed by atoms with Crippen LogP contribution < -0.4 is 5.32 Å². The summed E-state index contributed by atoms with van der Waals surface area (Å²) in [7, 11) is 0. The Morgan fingerprint density at radius 2 is 1.90 bits per heavy atom. The predicted octanol–water partition coefficient (Wildman–Crippen LogP) is 3.85. The van der Waals surface area contributed by atoms with Gasteiger partial charge in [-0.05, 0) is 48.5 Å². The largest absolute Gasteiger partial charge is 0.379 e. The highest BCUT2D eigenvalue weighted by atomic mass is 35.5. The van der Waals surface area contributed by atoms with E-state index in [4.69, 9.17) is 16.3 Å². The summed E-state index contributed by atoms with van der Waals surface area (Å²) in [5, 5.41) is 4.25. The normalized spacial score (nSPS) is 15.0. The second-order valence-electron chi connectivity index (χ2n) is 7.30. The first-order valence-corrected chi connectivity index (χ1v) is 10.2. The number of hydrogen-bond donors (Lipinski definition) is 2. The maximum absolute atomic E-state index is 12.7. The molecule has 0 radical (unpaired) electrons. The third kappa shape index (κ3) is 4.00. The molecular weight excluding hydrogens is 402 g/mol. The van der Waals surface area contributed by atoms with Crippen LogP contribution in [0.2, 0.25) is 5.15 Å². The van der Waals surface area contributed by atoms with Crippen LogP contribution in [0.4, 0.5) is 5.69 Å². The first kappa shape index (κ1) is 19.0. The lowest BCUT2D eigenvalue weighted by atomic mass is 10.1. The van der Waals surface area contributed by atoms with Gasteiger partial charge >= 0.3 is 0 Å². The van der Waals surface area contributed by atoms with E-state index in [1.807, 2.05) is 30.3 Å². The quantitative estimate of drug-likeness (QED) is 0.489. The lowest BCUT2D eigenvalue weighted by molar-refractivity contribution is 0.0332. The van der Waals surface area contributed by atoms with Gasteiger partial charge in [-0.1, -0.05) is 11.6 Å². The van der Waals surface area contributed by atoms with Gasteiger partial charge in [0.05, 0.1) is 36.3 Å². The molecule has 1 aliphatic rings. The van der Waals surface area contributed by atoms with Gasteiger partial charge in [-0.25, -0.2) is 9.97 Å². The van der Waals surface area contributed by atoms with Crippen LogP contribution in [0.1, 0.15) is 16.2 Å². The summed E-state index contributed by atoms with van der Waals surface area (Å²) < 4.78 is 5.39. The number of nitrogens with zero attached hydrogens (tertiary/aromatic N) is 3. The second kappa shape index (κ2) is 8.02. The maximum atomic E-state index is 12.7. The van der Waals surface area contributed by atoms with E-state index in [0.29, 0.717) is 16.4 Å². The number of imidazole rings is 1. The molecule has 2 N–H and O–H groups in total. The summed E-state index contributed by atoms with van der Waals surface area (Å²) in [6.07, 6.45) is 0. The van der Waals surface area contributed by atoms with E-state index in [9.17, 15) is 4.79 Å². The zero-order chi connectivity index (χ0) is 20.5. The maximum Gasteiger partial charge on any atom is 0.255 e. The van der Waals surface area contributed by atoms with Crippen molar-refractivity contribution in [1.82, 2.24) is 19.9 Å². The topological polar surface area (TPSA) is 83.1 Å². The van der Waals surface area contributed by atoms with Crippen molar-refractivity contribution in [3.63, 3.8) is 0 Å². The molecule has 0 saturated carbocycles. The minimum absolute atomic E-state index is 0.181. The highest BCUT2D eigenvalue weighted by Crippen LogP contribution is 2.21. The Labute approximate surface area is 178 Å². The molecule has 0 aliphatic carbocycles. The number of hydrogen-bond acceptors (Lipinski definition) is 5. The average molecular weight is 422 g/mol. The Bertz CT molecular complexity index is 1230. The van der Waals surface area contributed by atoms with E-state index in [1.165, 1.54) is 0 Å². The van der Waals surface area contributed by atoms with E-state index in [-0.39, 0.29) is 5.91 Å². The lowest BCUT2D eigenvalue weighted by Gasteiger charge is -2.25. The summed E-state index contributed by atoms with van der Waals surface area (Å²) in [5.74, 6) is 0.732. The van der Waals surface area contributed by atoms with Gasteiger partial charge < -0.3 is 15.0 Å². The van der Waals surface area contributed by atoms with E-state index in [1.54, 1.807) is 18.2 Å². The summed E-state index contributed by atoms with van der Waals surface area (Å²) >= 11 is 5.93. The minimum atomic E-state index is -0.181. The molecule has 1 aliphatic heterocycles. The Morgan fingerprint density at radius 3 is 2.77 bits per heavy atom. The smallest absolute Gasteiger partial charge is 0.255 e. The molecule has 152 valence electrons. The molecule has 30 heavy (non-hydrogen) atoms. The molecule has 3 heterocycles. The molecule has 0 unspecified atom stereocenters. The second-order valence-corrected chi connectivity index (χ2v) is 7.69. The van der Waals surface area contributed by atoms with Crippen molar-refractivity contribution in [2.24, 2.45) is 0 Å². The van der Waals surface area contributed by atoms with Gasteiger partial charge in [-0.15, -0.1) is 0 Å². The summed E-state index contributed by atoms with van der Waals surface area (Å²) in [6.45, 7) is 4.09. The number of carbonyl (C=O) groups excluding carboxylic acids is 1. The van der Waals surface area contributed by atoms with Crippen LogP contribution in [-0.2, 0) is 11.3 Å². The molecule has 0 spiro atoms. The molecule has 8 heteroatoms. The van der Waals surface area contributed by atoms with Crippen LogP contribution in [0.25, 0.3) is 21.9 Å². The number of nitrogens with one attached hydrogen (secondary N) is 2. The summed E-state index contributed by atoms with van der Waals surface area (Å²) in [6, 6.07) is 14.6. The fourth-order valence-corrected chi connectivity index (χ4v) is 3.79. The number of ether oxygens (including phenoxy) is 1. The van der Waals surface area contributed by atoms with Crippen molar-refractivity contribution >= 4 is 45.1 Å². The van der Waals surface area contributed by atoms with Gasteiger partial charge in [-0.3, -0.25) is 9.69 Å². The highest BCUT2D eigenvalue weighted by Gasteiger charge is 2.14. The van der Waals surface area contributed by atoms with Crippen molar-refractivity contribution in [1.29, 1.82) is 0 Å². The first-order chi connectivity index (χ1) is 14.6. The van der Waals surface area contributed by atoms with E-state index in [0.717, 1.165) is 60.6 Å². The molecule has 0 bridgehead atoms.